The molecule has 3 N–H and O–H groups in total. The Morgan fingerprint density at radius 1 is 0.472 bits per heavy atom. The Hall–Kier alpha value is -1.28. The quantitative estimate of drug-likeness (QED) is 0.0243. The minimum atomic E-state index is -4.33. The van der Waals surface area contributed by atoms with Crippen LogP contribution in [0.3, 0.4) is 0 Å². The molecule has 0 heterocycles. The predicted molar refractivity (Wildman–Crippen MR) is 314 cm³/mol. The fraction of sp³-hybridized carbons (Fsp3) is 0.889. The number of carbonyl (C=O) groups is 1. The van der Waals surface area contributed by atoms with Crippen molar-refractivity contribution >= 4 is 13.7 Å². The molecule has 426 valence electrons. The zero-order valence-corrected chi connectivity index (χ0v) is 49.6. The van der Waals surface area contributed by atoms with Gasteiger partial charge in [0.1, 0.15) is 13.2 Å². The zero-order chi connectivity index (χ0) is 52.7. The summed E-state index contributed by atoms with van der Waals surface area (Å²) in [7, 11) is 1.62. The highest BCUT2D eigenvalue weighted by atomic mass is 31.2. The number of aliphatic hydroxyl groups is 1. The molecular formula is C63H124N2O6P+. The summed E-state index contributed by atoms with van der Waals surface area (Å²) in [5.41, 5.74) is 0. The lowest BCUT2D eigenvalue weighted by atomic mass is 10.0. The van der Waals surface area contributed by atoms with Crippen LogP contribution in [0.25, 0.3) is 0 Å². The third-order valence-corrected chi connectivity index (χ3v) is 15.4. The average molecular weight is 1040 g/mol. The van der Waals surface area contributed by atoms with Gasteiger partial charge in [0.25, 0.3) is 0 Å². The van der Waals surface area contributed by atoms with Gasteiger partial charge in [-0.2, -0.15) is 0 Å². The second kappa shape index (κ2) is 54.5. The first-order valence-electron chi connectivity index (χ1n) is 31.4. The first-order valence-corrected chi connectivity index (χ1v) is 32.8. The fourth-order valence-electron chi connectivity index (χ4n) is 9.47. The number of nitrogens with one attached hydrogen (secondary N) is 1. The lowest BCUT2D eigenvalue weighted by Crippen LogP contribution is -2.46. The summed E-state index contributed by atoms with van der Waals surface area (Å²) in [6.45, 7) is 4.92. The van der Waals surface area contributed by atoms with Crippen LogP contribution in [0.1, 0.15) is 309 Å². The Bertz CT molecular complexity index is 1270. The minimum absolute atomic E-state index is 0.0742. The van der Waals surface area contributed by atoms with E-state index in [1.165, 1.54) is 231 Å². The van der Waals surface area contributed by atoms with Crippen molar-refractivity contribution in [1.82, 2.24) is 5.32 Å². The maximum Gasteiger partial charge on any atom is 0.472 e. The van der Waals surface area contributed by atoms with E-state index in [0.29, 0.717) is 23.9 Å². The van der Waals surface area contributed by atoms with E-state index in [9.17, 15) is 19.4 Å². The van der Waals surface area contributed by atoms with E-state index in [1.807, 2.05) is 21.1 Å². The average Bonchev–Trinajstić information content (AvgIpc) is 3.34. The lowest BCUT2D eigenvalue weighted by Gasteiger charge is -2.26. The van der Waals surface area contributed by atoms with E-state index in [-0.39, 0.29) is 19.1 Å². The number of phosphoric ester groups is 1. The van der Waals surface area contributed by atoms with Crippen LogP contribution < -0.4 is 5.32 Å². The molecule has 0 aliphatic rings. The number of likely N-dealkylation sites (N-methyl/N-ethyl adjacent to an activating group) is 1. The summed E-state index contributed by atoms with van der Waals surface area (Å²) in [5.74, 6) is -0.144. The topological polar surface area (TPSA) is 105 Å². The molecule has 8 nitrogen and oxygen atoms in total. The number of rotatable bonds is 58. The number of quaternary nitrogens is 1. The number of allylic oxidation sites excluding steroid dienone is 6. The molecule has 0 fully saturated rings. The molecule has 0 radical (unpaired) electrons. The number of nitrogens with zero attached hydrogens (tertiary/aromatic N) is 1. The van der Waals surface area contributed by atoms with Crippen LogP contribution in [0.5, 0.6) is 0 Å². The van der Waals surface area contributed by atoms with E-state index in [2.05, 4.69) is 55.6 Å². The highest BCUT2D eigenvalue weighted by Gasteiger charge is 2.28. The Morgan fingerprint density at radius 2 is 0.792 bits per heavy atom. The minimum Gasteiger partial charge on any atom is -0.391 e. The number of hydrogen-bond donors (Lipinski definition) is 3. The molecule has 0 saturated heterocycles. The van der Waals surface area contributed by atoms with Crippen LogP contribution in [0.2, 0.25) is 0 Å². The molecular weight excluding hydrogens is 912 g/mol. The van der Waals surface area contributed by atoms with Crippen LogP contribution in [0.4, 0.5) is 0 Å². The number of unbranched alkanes of at least 4 members (excludes halogenated alkanes) is 39. The number of amides is 1. The Morgan fingerprint density at radius 3 is 1.15 bits per heavy atom. The van der Waals surface area contributed by atoms with Crippen LogP contribution in [-0.4, -0.2) is 73.4 Å². The van der Waals surface area contributed by atoms with E-state index in [1.54, 1.807) is 0 Å². The molecule has 0 aromatic rings. The second-order valence-electron chi connectivity index (χ2n) is 22.8. The molecule has 0 aromatic carbocycles. The van der Waals surface area contributed by atoms with Crippen molar-refractivity contribution in [3.63, 3.8) is 0 Å². The van der Waals surface area contributed by atoms with Gasteiger partial charge in [-0.15, -0.1) is 0 Å². The van der Waals surface area contributed by atoms with Crippen molar-refractivity contribution < 1.29 is 32.9 Å². The van der Waals surface area contributed by atoms with Gasteiger partial charge >= 0.3 is 7.82 Å². The Labute approximate surface area is 448 Å². The molecule has 0 aliphatic carbocycles. The van der Waals surface area contributed by atoms with Gasteiger partial charge < -0.3 is 19.8 Å². The van der Waals surface area contributed by atoms with Gasteiger partial charge in [-0.3, -0.25) is 13.8 Å². The van der Waals surface area contributed by atoms with Crippen LogP contribution in [0, 0.1) is 0 Å². The summed E-state index contributed by atoms with van der Waals surface area (Å²) in [5, 5.41) is 14.1. The molecule has 0 spiro atoms. The van der Waals surface area contributed by atoms with E-state index in [4.69, 9.17) is 9.05 Å². The van der Waals surface area contributed by atoms with E-state index in [0.717, 1.165) is 51.4 Å². The van der Waals surface area contributed by atoms with Crippen LogP contribution >= 0.6 is 7.82 Å². The molecule has 3 atom stereocenters. The summed E-state index contributed by atoms with van der Waals surface area (Å²) in [4.78, 5) is 23.4. The third-order valence-electron chi connectivity index (χ3n) is 14.4. The monoisotopic (exact) mass is 1040 g/mol. The molecule has 0 rings (SSSR count). The molecule has 3 unspecified atom stereocenters. The van der Waals surface area contributed by atoms with Crippen molar-refractivity contribution in [1.29, 1.82) is 0 Å². The summed E-state index contributed by atoms with van der Waals surface area (Å²) < 4.78 is 23.8. The number of phosphoric acid groups is 1. The molecule has 9 heteroatoms. The van der Waals surface area contributed by atoms with Crippen LogP contribution in [-0.2, 0) is 18.4 Å². The van der Waals surface area contributed by atoms with E-state index < -0.39 is 20.0 Å². The predicted octanol–water partition coefficient (Wildman–Crippen LogP) is 19.3. The molecule has 72 heavy (non-hydrogen) atoms. The number of aliphatic hydroxyl groups excluding tert-OH is 1. The molecule has 0 saturated carbocycles. The molecule has 1 amide bonds. The Balaban J connectivity index is 4.12. The fourth-order valence-corrected chi connectivity index (χ4v) is 10.2. The smallest absolute Gasteiger partial charge is 0.391 e. The van der Waals surface area contributed by atoms with Gasteiger partial charge in [0.15, 0.2) is 0 Å². The largest absolute Gasteiger partial charge is 0.472 e. The van der Waals surface area contributed by atoms with Gasteiger partial charge in [0, 0.05) is 6.42 Å². The van der Waals surface area contributed by atoms with Crippen molar-refractivity contribution in [2.24, 2.45) is 0 Å². The maximum atomic E-state index is 13.0. The van der Waals surface area contributed by atoms with Crippen molar-refractivity contribution in [3.8, 4) is 0 Å². The standard InChI is InChI=1S/C63H123N2O6P/c1-6-8-10-12-14-16-18-20-22-24-26-28-30-32-34-36-38-40-42-44-46-48-50-52-54-56-62(66)61(60-71-72(68,69)70-59-58-65(3,4)5)64-63(67)57-55-53-51-49-47-45-43-41-39-37-35-33-31-29-27-25-23-21-19-17-15-13-11-9-7-2/h19,21,25,27,31,33,61-62,66H,6-18,20,22-24,26,28-30,32,34-60H2,1-5H3,(H-,64,67,68,69)/p+1/b21-19-,27-25-,33-31-. The molecule has 0 aliphatic heterocycles. The highest BCUT2D eigenvalue weighted by molar-refractivity contribution is 7.47. The Kier molecular flexibility index (Phi) is 53.5. The van der Waals surface area contributed by atoms with Gasteiger partial charge in [-0.05, 0) is 51.4 Å². The lowest BCUT2D eigenvalue weighted by molar-refractivity contribution is -0.870. The SMILES string of the molecule is CCCCCCC/C=C\C/C=C\C/C=C\CCCCCCCCCCCCC(=O)NC(COP(=O)(O)OCC[N+](C)(C)C)C(O)CCCCCCCCCCCCCCCCCCCCCCCCCCC. The van der Waals surface area contributed by atoms with E-state index >= 15 is 0 Å². The highest BCUT2D eigenvalue weighted by Crippen LogP contribution is 2.43. The summed E-state index contributed by atoms with van der Waals surface area (Å²) in [6, 6.07) is -0.764. The van der Waals surface area contributed by atoms with Crippen LogP contribution in [0.15, 0.2) is 36.5 Å². The molecule has 0 bridgehead atoms. The molecule has 0 aromatic heterocycles. The summed E-state index contributed by atoms with van der Waals surface area (Å²) in [6.07, 6.45) is 70.7. The van der Waals surface area contributed by atoms with Crippen molar-refractivity contribution in [2.45, 2.75) is 321 Å². The summed E-state index contributed by atoms with van der Waals surface area (Å²) >= 11 is 0. The van der Waals surface area contributed by atoms with Gasteiger partial charge in [-0.1, -0.05) is 288 Å². The maximum absolute atomic E-state index is 13.0. The van der Waals surface area contributed by atoms with Gasteiger partial charge in [0.05, 0.1) is 39.9 Å². The van der Waals surface area contributed by atoms with Crippen molar-refractivity contribution in [3.05, 3.63) is 36.5 Å². The zero-order valence-electron chi connectivity index (χ0n) is 48.7. The number of hydrogen-bond acceptors (Lipinski definition) is 5. The number of carbonyl (C=O) groups excluding carboxylic acids is 1. The van der Waals surface area contributed by atoms with Crippen molar-refractivity contribution in [2.75, 3.05) is 40.9 Å². The van der Waals surface area contributed by atoms with Gasteiger partial charge in [0.2, 0.25) is 5.91 Å². The second-order valence-corrected chi connectivity index (χ2v) is 24.2. The van der Waals surface area contributed by atoms with Gasteiger partial charge in [-0.25, -0.2) is 4.57 Å². The first kappa shape index (κ1) is 70.7. The first-order chi connectivity index (χ1) is 35.0. The normalized spacial score (nSPS) is 14.0. The third kappa shape index (κ3) is 56.4.